The molecule has 1 aromatic carbocycles. The van der Waals surface area contributed by atoms with Crippen LogP contribution in [0.2, 0.25) is 0 Å². The molecule has 3 rings (SSSR count). The molecule has 2 heterocycles. The Hall–Kier alpha value is -2.34. The number of nitrogens with one attached hydrogen (secondary N) is 1. The average Bonchev–Trinajstić information content (AvgIpc) is 2.63. The number of nitrogens with zero attached hydrogens (tertiary/aromatic N) is 1. The molecule has 0 spiro atoms. The predicted molar refractivity (Wildman–Crippen MR) is 93.1 cm³/mol. The number of aromatic nitrogens is 1. The number of methoxy groups -OCH3 is 1. The Labute approximate surface area is 147 Å². The van der Waals surface area contributed by atoms with Crippen molar-refractivity contribution < 1.29 is 18.6 Å². The number of halogens is 1. The molecular formula is C19H23FN2O3. The first-order chi connectivity index (χ1) is 12.2. The number of pyridine rings is 1. The van der Waals surface area contributed by atoms with Crippen LogP contribution in [0.15, 0.2) is 30.3 Å². The molecule has 25 heavy (non-hydrogen) atoms. The number of ether oxygens (including phenoxy) is 3. The third-order valence-electron chi connectivity index (χ3n) is 4.18. The maximum Gasteiger partial charge on any atom is 0.262 e. The summed E-state index contributed by atoms with van der Waals surface area (Å²) in [5, 5.41) is 3.36. The van der Waals surface area contributed by atoms with E-state index >= 15 is 0 Å². The Kier molecular flexibility index (Phi) is 5.71. The summed E-state index contributed by atoms with van der Waals surface area (Å²) in [6.45, 7) is 4.45. The molecule has 1 atom stereocenters. The van der Waals surface area contributed by atoms with Crippen LogP contribution in [0.5, 0.6) is 23.1 Å². The standard InChI is InChI=1S/C19H23FN2O3/c1-13-5-7-18(24-12-14-4-3-9-21-11-14)19(22-13)25-17-8-6-15(23-2)10-16(17)20/h5-8,10,14,21H,3-4,9,11-12H2,1-2H3/t14-/m0/s1. The van der Waals surface area contributed by atoms with Crippen molar-refractivity contribution in [1.29, 1.82) is 0 Å². The molecule has 6 heteroatoms. The first-order valence-corrected chi connectivity index (χ1v) is 8.48. The van der Waals surface area contributed by atoms with Gasteiger partial charge in [-0.3, -0.25) is 0 Å². The summed E-state index contributed by atoms with van der Waals surface area (Å²) in [5.74, 6) is 1.26. The van der Waals surface area contributed by atoms with E-state index < -0.39 is 5.82 Å². The lowest BCUT2D eigenvalue weighted by Gasteiger charge is -2.23. The molecule has 0 amide bonds. The van der Waals surface area contributed by atoms with Gasteiger partial charge in [-0.25, -0.2) is 9.37 Å². The van der Waals surface area contributed by atoms with Gasteiger partial charge in [0.25, 0.3) is 5.88 Å². The number of rotatable bonds is 6. The first kappa shape index (κ1) is 17.5. The molecular weight excluding hydrogens is 323 g/mol. The zero-order valence-electron chi connectivity index (χ0n) is 14.5. The van der Waals surface area contributed by atoms with Crippen molar-refractivity contribution in [3.8, 4) is 23.1 Å². The van der Waals surface area contributed by atoms with Crippen LogP contribution in [0.1, 0.15) is 18.5 Å². The lowest BCUT2D eigenvalue weighted by molar-refractivity contribution is 0.211. The molecule has 0 bridgehead atoms. The van der Waals surface area contributed by atoms with Gasteiger partial charge in [0.1, 0.15) is 5.75 Å². The summed E-state index contributed by atoms with van der Waals surface area (Å²) in [7, 11) is 1.49. The van der Waals surface area contributed by atoms with Crippen LogP contribution >= 0.6 is 0 Å². The molecule has 1 aliphatic rings. The van der Waals surface area contributed by atoms with Gasteiger partial charge in [-0.15, -0.1) is 0 Å². The van der Waals surface area contributed by atoms with E-state index in [4.69, 9.17) is 14.2 Å². The topological polar surface area (TPSA) is 52.6 Å². The Balaban J connectivity index is 1.74. The van der Waals surface area contributed by atoms with Crippen molar-refractivity contribution in [3.63, 3.8) is 0 Å². The summed E-state index contributed by atoms with van der Waals surface area (Å²) in [4.78, 5) is 4.36. The molecule has 1 N–H and O–H groups in total. The second-order valence-corrected chi connectivity index (χ2v) is 6.18. The van der Waals surface area contributed by atoms with Gasteiger partial charge in [0.15, 0.2) is 17.3 Å². The minimum atomic E-state index is -0.509. The molecule has 1 fully saturated rings. The summed E-state index contributed by atoms with van der Waals surface area (Å²) in [5.41, 5.74) is 0.774. The highest BCUT2D eigenvalue weighted by Crippen LogP contribution is 2.33. The van der Waals surface area contributed by atoms with Crippen LogP contribution < -0.4 is 19.5 Å². The summed E-state index contributed by atoms with van der Waals surface area (Å²) >= 11 is 0. The van der Waals surface area contributed by atoms with E-state index in [1.54, 1.807) is 6.07 Å². The number of aryl methyl sites for hydroxylation is 1. The van der Waals surface area contributed by atoms with E-state index in [-0.39, 0.29) is 11.6 Å². The van der Waals surface area contributed by atoms with E-state index in [0.717, 1.165) is 31.6 Å². The van der Waals surface area contributed by atoms with Crippen LogP contribution in [-0.2, 0) is 0 Å². The Morgan fingerprint density at radius 3 is 2.80 bits per heavy atom. The van der Waals surface area contributed by atoms with Gasteiger partial charge < -0.3 is 19.5 Å². The fourth-order valence-electron chi connectivity index (χ4n) is 2.77. The quantitative estimate of drug-likeness (QED) is 0.864. The fourth-order valence-corrected chi connectivity index (χ4v) is 2.77. The van der Waals surface area contributed by atoms with Crippen molar-refractivity contribution in [1.82, 2.24) is 10.3 Å². The van der Waals surface area contributed by atoms with Crippen LogP contribution in [0.3, 0.4) is 0 Å². The highest BCUT2D eigenvalue weighted by atomic mass is 19.1. The molecule has 0 unspecified atom stereocenters. The van der Waals surface area contributed by atoms with Gasteiger partial charge >= 0.3 is 0 Å². The highest BCUT2D eigenvalue weighted by Gasteiger charge is 2.17. The molecule has 134 valence electrons. The third kappa shape index (κ3) is 4.60. The second kappa shape index (κ2) is 8.16. The van der Waals surface area contributed by atoms with Crippen molar-refractivity contribution in [3.05, 3.63) is 41.8 Å². The van der Waals surface area contributed by atoms with E-state index in [1.165, 1.54) is 19.2 Å². The number of piperidine rings is 1. The number of hydrogen-bond donors (Lipinski definition) is 1. The smallest absolute Gasteiger partial charge is 0.262 e. The minimum Gasteiger partial charge on any atom is -0.497 e. The van der Waals surface area contributed by atoms with Crippen LogP contribution in [-0.4, -0.2) is 31.8 Å². The van der Waals surface area contributed by atoms with Gasteiger partial charge in [-0.1, -0.05) is 0 Å². The number of hydrogen-bond acceptors (Lipinski definition) is 5. The fraction of sp³-hybridized carbons (Fsp3) is 0.421. The van der Waals surface area contributed by atoms with Gasteiger partial charge in [-0.05, 0) is 50.6 Å². The Bertz CT molecular complexity index is 718. The van der Waals surface area contributed by atoms with E-state index in [1.807, 2.05) is 19.1 Å². The van der Waals surface area contributed by atoms with E-state index in [2.05, 4.69) is 10.3 Å². The van der Waals surface area contributed by atoms with Crippen molar-refractivity contribution in [2.45, 2.75) is 19.8 Å². The van der Waals surface area contributed by atoms with Crippen LogP contribution in [0, 0.1) is 18.7 Å². The Morgan fingerprint density at radius 1 is 1.24 bits per heavy atom. The monoisotopic (exact) mass is 346 g/mol. The van der Waals surface area contributed by atoms with Gasteiger partial charge in [-0.2, -0.15) is 0 Å². The Morgan fingerprint density at radius 2 is 2.08 bits per heavy atom. The average molecular weight is 346 g/mol. The van der Waals surface area contributed by atoms with Gasteiger partial charge in [0, 0.05) is 24.2 Å². The third-order valence-corrected chi connectivity index (χ3v) is 4.18. The zero-order chi connectivity index (χ0) is 17.6. The second-order valence-electron chi connectivity index (χ2n) is 6.18. The van der Waals surface area contributed by atoms with E-state index in [0.29, 0.717) is 24.0 Å². The normalized spacial score (nSPS) is 17.2. The largest absolute Gasteiger partial charge is 0.497 e. The molecule has 0 aliphatic carbocycles. The maximum atomic E-state index is 14.1. The summed E-state index contributed by atoms with van der Waals surface area (Å²) in [6.07, 6.45) is 2.29. The molecule has 1 aliphatic heterocycles. The van der Waals surface area contributed by atoms with Crippen molar-refractivity contribution in [2.24, 2.45) is 5.92 Å². The molecule has 0 radical (unpaired) electrons. The summed E-state index contributed by atoms with van der Waals surface area (Å²) in [6, 6.07) is 8.11. The molecule has 1 aromatic heterocycles. The molecule has 2 aromatic rings. The van der Waals surface area contributed by atoms with Crippen LogP contribution in [0.25, 0.3) is 0 Å². The van der Waals surface area contributed by atoms with Crippen LogP contribution in [0.4, 0.5) is 4.39 Å². The van der Waals surface area contributed by atoms with E-state index in [9.17, 15) is 4.39 Å². The SMILES string of the molecule is COc1ccc(Oc2nc(C)ccc2OC[C@H]2CCCNC2)c(F)c1. The minimum absolute atomic E-state index is 0.0862. The highest BCUT2D eigenvalue weighted by molar-refractivity contribution is 5.40. The maximum absolute atomic E-state index is 14.1. The molecule has 0 saturated carbocycles. The first-order valence-electron chi connectivity index (χ1n) is 8.48. The van der Waals surface area contributed by atoms with Crippen molar-refractivity contribution in [2.75, 3.05) is 26.8 Å². The lowest BCUT2D eigenvalue weighted by atomic mass is 10.0. The molecule has 5 nitrogen and oxygen atoms in total. The van der Waals surface area contributed by atoms with Gasteiger partial charge in [0.05, 0.1) is 13.7 Å². The molecule has 1 saturated heterocycles. The number of benzene rings is 1. The van der Waals surface area contributed by atoms with Gasteiger partial charge in [0.2, 0.25) is 0 Å². The summed E-state index contributed by atoms with van der Waals surface area (Å²) < 4.78 is 30.7. The lowest BCUT2D eigenvalue weighted by Crippen LogP contribution is -2.33. The van der Waals surface area contributed by atoms with Crippen molar-refractivity contribution >= 4 is 0 Å². The zero-order valence-corrected chi connectivity index (χ0v) is 14.5. The predicted octanol–water partition coefficient (Wildman–Crippen LogP) is 3.71.